The predicted molar refractivity (Wildman–Crippen MR) is 102 cm³/mol. The molecule has 1 atom stereocenters. The molecular formula is C18H15N5O3S. The Kier molecular flexibility index (Phi) is 5.12. The van der Waals surface area contributed by atoms with Gasteiger partial charge in [0.05, 0.1) is 11.4 Å². The van der Waals surface area contributed by atoms with Crippen molar-refractivity contribution in [3.05, 3.63) is 40.8 Å². The predicted octanol–water partition coefficient (Wildman–Crippen LogP) is 3.92. The number of nitrogens with one attached hydrogen (secondary N) is 1. The number of hydrogen-bond acceptors (Lipinski definition) is 8. The van der Waals surface area contributed by atoms with Crippen LogP contribution >= 0.6 is 11.5 Å². The minimum Gasteiger partial charge on any atom is -0.507 e. The molecule has 0 spiro atoms. The number of aliphatic hydroxyl groups is 1. The number of aromatic hydroxyl groups is 1. The van der Waals surface area contributed by atoms with Gasteiger partial charge in [-0.15, -0.1) is 10.2 Å². The number of phenols is 1. The van der Waals surface area contributed by atoms with Crippen molar-refractivity contribution in [1.82, 2.24) is 4.37 Å². The number of nitriles is 1. The van der Waals surface area contributed by atoms with Crippen LogP contribution in [-0.4, -0.2) is 26.6 Å². The van der Waals surface area contributed by atoms with E-state index >= 15 is 0 Å². The molecule has 1 aromatic heterocycles. The van der Waals surface area contributed by atoms with Crippen molar-refractivity contribution in [3.8, 4) is 11.8 Å². The molecule has 0 saturated carbocycles. The quantitative estimate of drug-likeness (QED) is 0.590. The van der Waals surface area contributed by atoms with Crippen LogP contribution < -0.4 is 5.32 Å². The molecule has 3 rings (SSSR count). The topological polar surface area (TPSA) is 131 Å². The van der Waals surface area contributed by atoms with Crippen LogP contribution in [0.15, 0.2) is 40.6 Å². The summed E-state index contributed by atoms with van der Waals surface area (Å²) in [5.41, 5.74) is 1.10. The van der Waals surface area contributed by atoms with Gasteiger partial charge in [-0.3, -0.25) is 4.79 Å². The van der Waals surface area contributed by atoms with E-state index in [1.165, 1.54) is 13.0 Å². The number of amides is 1. The van der Waals surface area contributed by atoms with Crippen LogP contribution in [0.5, 0.6) is 5.75 Å². The first kappa shape index (κ1) is 18.4. The number of azo groups is 1. The molecule has 8 nitrogen and oxygen atoms in total. The first-order chi connectivity index (χ1) is 12.9. The third-order valence-electron chi connectivity index (χ3n) is 3.84. The lowest BCUT2D eigenvalue weighted by atomic mass is 10.1. The van der Waals surface area contributed by atoms with Gasteiger partial charge in [-0.2, -0.15) is 9.64 Å². The lowest BCUT2D eigenvalue weighted by Gasteiger charge is -2.12. The van der Waals surface area contributed by atoms with Gasteiger partial charge in [0.25, 0.3) is 5.91 Å². The zero-order chi connectivity index (χ0) is 19.6. The van der Waals surface area contributed by atoms with Crippen molar-refractivity contribution in [2.45, 2.75) is 20.0 Å². The Balaban J connectivity index is 2.12. The van der Waals surface area contributed by atoms with Crippen LogP contribution in [0, 0.1) is 18.3 Å². The molecule has 1 heterocycles. The summed E-state index contributed by atoms with van der Waals surface area (Å²) in [4.78, 5) is 12.6. The second-order valence-electron chi connectivity index (χ2n) is 5.75. The number of carbonyl (C=O) groups is 1. The van der Waals surface area contributed by atoms with E-state index in [-0.39, 0.29) is 11.6 Å². The van der Waals surface area contributed by atoms with Crippen LogP contribution in [0.25, 0.3) is 10.8 Å². The summed E-state index contributed by atoms with van der Waals surface area (Å²) in [6.07, 6.45) is -1.20. The zero-order valence-electron chi connectivity index (χ0n) is 14.5. The van der Waals surface area contributed by atoms with Crippen LogP contribution in [0.3, 0.4) is 0 Å². The summed E-state index contributed by atoms with van der Waals surface area (Å²) in [7, 11) is 0. The molecule has 0 bridgehead atoms. The number of benzene rings is 2. The van der Waals surface area contributed by atoms with Crippen molar-refractivity contribution >= 4 is 45.4 Å². The largest absolute Gasteiger partial charge is 0.507 e. The van der Waals surface area contributed by atoms with Crippen molar-refractivity contribution in [1.29, 1.82) is 5.26 Å². The van der Waals surface area contributed by atoms with E-state index in [9.17, 15) is 20.3 Å². The van der Waals surface area contributed by atoms with Gasteiger partial charge >= 0.3 is 0 Å². The van der Waals surface area contributed by atoms with Crippen molar-refractivity contribution in [3.63, 3.8) is 0 Å². The fourth-order valence-electron chi connectivity index (χ4n) is 2.46. The number of nitrogens with zero attached hydrogens (tertiary/aromatic N) is 4. The fraction of sp³-hybridized carbons (Fsp3) is 0.167. The van der Waals surface area contributed by atoms with Crippen molar-refractivity contribution in [2.75, 3.05) is 5.32 Å². The summed E-state index contributed by atoms with van der Waals surface area (Å²) in [6.45, 7) is 3.13. The number of aromatic nitrogens is 1. The van der Waals surface area contributed by atoms with E-state index in [1.54, 1.807) is 31.2 Å². The minimum absolute atomic E-state index is 0.0133. The van der Waals surface area contributed by atoms with Crippen molar-refractivity contribution in [2.24, 2.45) is 10.2 Å². The average molecular weight is 381 g/mol. The van der Waals surface area contributed by atoms with Gasteiger partial charge in [-0.1, -0.05) is 12.1 Å². The van der Waals surface area contributed by atoms with E-state index in [1.807, 2.05) is 6.07 Å². The van der Waals surface area contributed by atoms with Gasteiger partial charge < -0.3 is 15.5 Å². The first-order valence-corrected chi connectivity index (χ1v) is 8.71. The third kappa shape index (κ3) is 3.62. The van der Waals surface area contributed by atoms with Gasteiger partial charge in [0.15, 0.2) is 0 Å². The molecule has 0 fully saturated rings. The van der Waals surface area contributed by atoms with Gasteiger partial charge in [0.1, 0.15) is 23.5 Å². The highest BCUT2D eigenvalue weighted by Gasteiger charge is 2.15. The van der Waals surface area contributed by atoms with Crippen LogP contribution in [-0.2, 0) is 4.79 Å². The van der Waals surface area contributed by atoms with Gasteiger partial charge in [-0.25, -0.2) is 0 Å². The molecule has 0 saturated heterocycles. The second kappa shape index (κ2) is 7.49. The van der Waals surface area contributed by atoms with Gasteiger partial charge in [-0.05, 0) is 43.6 Å². The van der Waals surface area contributed by atoms with E-state index in [4.69, 9.17) is 0 Å². The van der Waals surface area contributed by atoms with Gasteiger partial charge in [0.2, 0.25) is 5.82 Å². The molecule has 0 aliphatic carbocycles. The number of rotatable bonds is 4. The lowest BCUT2D eigenvalue weighted by molar-refractivity contribution is -0.123. The van der Waals surface area contributed by atoms with Crippen LogP contribution in [0.1, 0.15) is 17.4 Å². The number of phenolic OH excluding ortho intramolecular Hbond substituents is 1. The molecular weight excluding hydrogens is 366 g/mol. The highest BCUT2D eigenvalue weighted by Crippen LogP contribution is 2.38. The summed E-state index contributed by atoms with van der Waals surface area (Å²) in [5.74, 6) is -0.360. The SMILES string of the molecule is Cc1snc(N=Nc2ccc(O)c3cccc(NC(=O)C(C)O)c23)c1C#N. The van der Waals surface area contributed by atoms with E-state index in [0.29, 0.717) is 27.7 Å². The Morgan fingerprint density at radius 2 is 2.11 bits per heavy atom. The fourth-order valence-corrected chi connectivity index (χ4v) is 3.04. The van der Waals surface area contributed by atoms with E-state index in [2.05, 4.69) is 19.9 Å². The molecule has 0 aliphatic rings. The molecule has 1 amide bonds. The van der Waals surface area contributed by atoms with Crippen LogP contribution in [0.2, 0.25) is 0 Å². The third-order valence-corrected chi connectivity index (χ3v) is 4.58. The maximum absolute atomic E-state index is 11.9. The molecule has 0 aliphatic heterocycles. The molecule has 3 aromatic rings. The molecule has 0 radical (unpaired) electrons. The lowest BCUT2D eigenvalue weighted by Crippen LogP contribution is -2.24. The maximum atomic E-state index is 11.9. The minimum atomic E-state index is -1.20. The normalized spacial score (nSPS) is 12.2. The van der Waals surface area contributed by atoms with Crippen LogP contribution in [0.4, 0.5) is 17.2 Å². The van der Waals surface area contributed by atoms with Crippen molar-refractivity contribution < 1.29 is 15.0 Å². The highest BCUT2D eigenvalue weighted by atomic mass is 32.1. The number of hydrogen-bond donors (Lipinski definition) is 3. The standard InChI is InChI=1S/C18H15N5O3S/c1-9(24)18(26)20-13-5-3-4-11-15(25)7-6-14(16(11)13)21-22-17-12(8-19)10(2)27-23-17/h3-7,9,24-25H,1-2H3,(H,20,26). The second-order valence-corrected chi connectivity index (χ2v) is 6.72. The maximum Gasteiger partial charge on any atom is 0.252 e. The van der Waals surface area contributed by atoms with E-state index < -0.39 is 12.0 Å². The Bertz CT molecular complexity index is 1100. The Hall–Kier alpha value is -3.35. The number of aryl methyl sites for hydroxylation is 1. The van der Waals surface area contributed by atoms with Gasteiger partial charge in [0, 0.05) is 15.6 Å². The molecule has 3 N–H and O–H groups in total. The highest BCUT2D eigenvalue weighted by molar-refractivity contribution is 7.06. The average Bonchev–Trinajstić information content (AvgIpc) is 3.01. The number of fused-ring (bicyclic) bond motifs is 1. The monoisotopic (exact) mass is 381 g/mol. The Morgan fingerprint density at radius 1 is 1.33 bits per heavy atom. The summed E-state index contributed by atoms with van der Waals surface area (Å²) < 4.78 is 4.10. The summed E-state index contributed by atoms with van der Waals surface area (Å²) in [5, 5.41) is 40.6. The summed E-state index contributed by atoms with van der Waals surface area (Å²) in [6, 6.07) is 10.0. The molecule has 1 unspecified atom stereocenters. The number of aliphatic hydroxyl groups excluding tert-OH is 1. The number of anilines is 1. The number of carbonyl (C=O) groups excluding carboxylic acids is 1. The zero-order valence-corrected chi connectivity index (χ0v) is 15.3. The molecule has 27 heavy (non-hydrogen) atoms. The Morgan fingerprint density at radius 3 is 2.81 bits per heavy atom. The van der Waals surface area contributed by atoms with E-state index in [0.717, 1.165) is 16.4 Å². The molecule has 2 aromatic carbocycles. The molecule has 9 heteroatoms. The first-order valence-electron chi connectivity index (χ1n) is 7.94. The Labute approximate surface area is 158 Å². The smallest absolute Gasteiger partial charge is 0.252 e. The summed E-state index contributed by atoms with van der Waals surface area (Å²) >= 11 is 1.16. The molecule has 136 valence electrons.